The Balaban J connectivity index is 1.41. The summed E-state index contributed by atoms with van der Waals surface area (Å²) in [4.78, 5) is 39.6. The third kappa shape index (κ3) is 5.26. The number of nitrogens with one attached hydrogen (secondary N) is 1. The van der Waals surface area contributed by atoms with Crippen molar-refractivity contribution in [2.45, 2.75) is 19.4 Å². The highest BCUT2D eigenvalue weighted by Crippen LogP contribution is 2.33. The molecular weight excluding hydrogens is 432 g/mol. The molecule has 0 radical (unpaired) electrons. The second kappa shape index (κ2) is 10.7. The molecule has 4 rings (SSSR count). The van der Waals surface area contributed by atoms with Gasteiger partial charge in [-0.2, -0.15) is 0 Å². The Morgan fingerprint density at radius 1 is 0.941 bits per heavy atom. The van der Waals surface area contributed by atoms with E-state index >= 15 is 0 Å². The lowest BCUT2D eigenvalue weighted by molar-refractivity contribution is -0.128. The van der Waals surface area contributed by atoms with Gasteiger partial charge in [-0.05, 0) is 42.8 Å². The molecule has 1 aliphatic heterocycles. The standard InChI is InChI=1S/C27H26N2O5/c1-2-16-28-27(32)24-17-29(22-10-6-7-11-23(22)34-24)25(30)18-33-21-14-12-20(13-15-21)26(31)19-8-4-3-5-9-19/h3-15,24H,2,16-18H2,1H3,(H,28,32)/t24-/m1/s1. The van der Waals surface area contributed by atoms with Crippen LogP contribution >= 0.6 is 0 Å². The van der Waals surface area contributed by atoms with Crippen LogP contribution in [0.5, 0.6) is 11.5 Å². The van der Waals surface area contributed by atoms with E-state index in [4.69, 9.17) is 9.47 Å². The van der Waals surface area contributed by atoms with Gasteiger partial charge in [-0.25, -0.2) is 0 Å². The van der Waals surface area contributed by atoms with Gasteiger partial charge in [0.2, 0.25) is 0 Å². The molecule has 7 nitrogen and oxygen atoms in total. The lowest BCUT2D eigenvalue weighted by Crippen LogP contribution is -2.51. The Kier molecular flexibility index (Phi) is 7.22. The Bertz CT molecular complexity index is 1160. The van der Waals surface area contributed by atoms with Crippen molar-refractivity contribution in [3.05, 3.63) is 90.0 Å². The van der Waals surface area contributed by atoms with Gasteiger partial charge < -0.3 is 19.7 Å². The summed E-state index contributed by atoms with van der Waals surface area (Å²) in [5.41, 5.74) is 1.74. The van der Waals surface area contributed by atoms with E-state index < -0.39 is 6.10 Å². The number of hydrogen-bond donors (Lipinski definition) is 1. The fourth-order valence-corrected chi connectivity index (χ4v) is 3.65. The number of ketones is 1. The van der Waals surface area contributed by atoms with Crippen LogP contribution in [-0.2, 0) is 9.59 Å². The van der Waals surface area contributed by atoms with Gasteiger partial charge in [-0.15, -0.1) is 0 Å². The Morgan fingerprint density at radius 3 is 2.35 bits per heavy atom. The summed E-state index contributed by atoms with van der Waals surface area (Å²) in [5, 5.41) is 2.82. The molecule has 1 N–H and O–H groups in total. The van der Waals surface area contributed by atoms with Gasteiger partial charge in [-0.1, -0.05) is 49.4 Å². The van der Waals surface area contributed by atoms with Crippen molar-refractivity contribution in [1.29, 1.82) is 0 Å². The topological polar surface area (TPSA) is 84.9 Å². The second-order valence-electron chi connectivity index (χ2n) is 7.88. The average Bonchev–Trinajstić information content (AvgIpc) is 2.90. The van der Waals surface area contributed by atoms with Gasteiger partial charge in [0.1, 0.15) is 11.5 Å². The third-order valence-electron chi connectivity index (χ3n) is 5.43. The molecule has 0 saturated heterocycles. The van der Waals surface area contributed by atoms with E-state index in [-0.39, 0.29) is 30.7 Å². The van der Waals surface area contributed by atoms with Gasteiger partial charge in [0.15, 0.2) is 18.5 Å². The first kappa shape index (κ1) is 23.0. The Labute approximate surface area is 198 Å². The smallest absolute Gasteiger partial charge is 0.265 e. The third-order valence-corrected chi connectivity index (χ3v) is 5.43. The fourth-order valence-electron chi connectivity index (χ4n) is 3.65. The number of benzene rings is 3. The van der Waals surface area contributed by atoms with E-state index in [1.807, 2.05) is 31.2 Å². The molecule has 0 aliphatic carbocycles. The van der Waals surface area contributed by atoms with E-state index in [9.17, 15) is 14.4 Å². The maximum absolute atomic E-state index is 13.0. The van der Waals surface area contributed by atoms with Crippen LogP contribution in [0.1, 0.15) is 29.3 Å². The minimum absolute atomic E-state index is 0.0828. The van der Waals surface area contributed by atoms with E-state index in [0.29, 0.717) is 34.9 Å². The predicted molar refractivity (Wildman–Crippen MR) is 128 cm³/mol. The van der Waals surface area contributed by atoms with E-state index in [1.54, 1.807) is 54.6 Å². The Morgan fingerprint density at radius 2 is 1.62 bits per heavy atom. The van der Waals surface area contributed by atoms with Gasteiger partial charge >= 0.3 is 0 Å². The zero-order valence-electron chi connectivity index (χ0n) is 18.9. The maximum atomic E-state index is 13.0. The van der Waals surface area contributed by atoms with Crippen molar-refractivity contribution in [2.24, 2.45) is 0 Å². The minimum Gasteiger partial charge on any atom is -0.484 e. The molecule has 0 spiro atoms. The summed E-state index contributed by atoms with van der Waals surface area (Å²) in [6, 6.07) is 22.8. The number of hydrogen-bond acceptors (Lipinski definition) is 5. The number of amides is 2. The molecule has 3 aromatic carbocycles. The normalized spacial score (nSPS) is 14.5. The first-order valence-corrected chi connectivity index (χ1v) is 11.2. The Hall–Kier alpha value is -4.13. The molecule has 0 bridgehead atoms. The van der Waals surface area contributed by atoms with Gasteiger partial charge in [-0.3, -0.25) is 14.4 Å². The first-order valence-electron chi connectivity index (χ1n) is 11.2. The van der Waals surface area contributed by atoms with Crippen LogP contribution in [0.25, 0.3) is 0 Å². The molecule has 1 aliphatic rings. The summed E-state index contributed by atoms with van der Waals surface area (Å²) < 4.78 is 11.5. The highest BCUT2D eigenvalue weighted by atomic mass is 16.5. The largest absolute Gasteiger partial charge is 0.484 e. The van der Waals surface area contributed by atoms with E-state index in [2.05, 4.69) is 5.32 Å². The van der Waals surface area contributed by atoms with Crippen LogP contribution in [0.3, 0.4) is 0 Å². The fraction of sp³-hybridized carbons (Fsp3) is 0.222. The zero-order valence-corrected chi connectivity index (χ0v) is 18.9. The van der Waals surface area contributed by atoms with Crippen LogP contribution in [0.2, 0.25) is 0 Å². The molecule has 3 aromatic rings. The van der Waals surface area contributed by atoms with Gasteiger partial charge in [0.25, 0.3) is 11.8 Å². The molecule has 0 unspecified atom stereocenters. The van der Waals surface area contributed by atoms with Crippen molar-refractivity contribution < 1.29 is 23.9 Å². The van der Waals surface area contributed by atoms with Crippen LogP contribution in [0.4, 0.5) is 5.69 Å². The number of carbonyl (C=O) groups is 3. The van der Waals surface area contributed by atoms with Crippen LogP contribution in [-0.4, -0.2) is 43.4 Å². The number of carbonyl (C=O) groups excluding carboxylic acids is 3. The molecule has 1 heterocycles. The van der Waals surface area contributed by atoms with Crippen molar-refractivity contribution in [3.8, 4) is 11.5 Å². The van der Waals surface area contributed by atoms with Crippen molar-refractivity contribution in [1.82, 2.24) is 5.32 Å². The molecular formula is C27H26N2O5. The second-order valence-corrected chi connectivity index (χ2v) is 7.88. The predicted octanol–water partition coefficient (Wildman–Crippen LogP) is 3.62. The minimum atomic E-state index is -0.798. The van der Waals surface area contributed by atoms with Crippen LogP contribution in [0.15, 0.2) is 78.9 Å². The van der Waals surface area contributed by atoms with Gasteiger partial charge in [0.05, 0.1) is 12.2 Å². The number of rotatable bonds is 8. The number of ether oxygens (including phenoxy) is 2. The number of para-hydroxylation sites is 2. The van der Waals surface area contributed by atoms with Crippen molar-refractivity contribution >= 4 is 23.3 Å². The molecule has 0 aromatic heterocycles. The van der Waals surface area contributed by atoms with E-state index in [0.717, 1.165) is 6.42 Å². The number of fused-ring (bicyclic) bond motifs is 1. The first-order chi connectivity index (χ1) is 16.6. The molecule has 174 valence electrons. The summed E-state index contributed by atoms with van der Waals surface area (Å²) in [5.74, 6) is 0.307. The SMILES string of the molecule is CCCNC(=O)[C@H]1CN(C(=O)COc2ccc(C(=O)c3ccccc3)cc2)c2ccccc2O1. The lowest BCUT2D eigenvalue weighted by atomic mass is 10.0. The molecule has 2 amide bonds. The zero-order chi connectivity index (χ0) is 23.9. The summed E-state index contributed by atoms with van der Waals surface area (Å²) >= 11 is 0. The van der Waals surface area contributed by atoms with Crippen molar-refractivity contribution in [3.63, 3.8) is 0 Å². The van der Waals surface area contributed by atoms with Crippen LogP contribution in [0, 0.1) is 0 Å². The summed E-state index contributed by atoms with van der Waals surface area (Å²) in [6.45, 7) is 2.39. The van der Waals surface area contributed by atoms with Crippen molar-refractivity contribution in [2.75, 3.05) is 24.6 Å². The highest BCUT2D eigenvalue weighted by Gasteiger charge is 2.33. The summed E-state index contributed by atoms with van der Waals surface area (Å²) in [6.07, 6.45) is 0.00930. The summed E-state index contributed by atoms with van der Waals surface area (Å²) in [7, 11) is 0. The lowest BCUT2D eigenvalue weighted by Gasteiger charge is -2.34. The molecule has 0 fully saturated rings. The van der Waals surface area contributed by atoms with Crippen LogP contribution < -0.4 is 19.7 Å². The number of nitrogens with zero attached hydrogens (tertiary/aromatic N) is 1. The van der Waals surface area contributed by atoms with E-state index in [1.165, 1.54) is 4.90 Å². The highest BCUT2D eigenvalue weighted by molar-refractivity contribution is 6.09. The quantitative estimate of drug-likeness (QED) is 0.521. The van der Waals surface area contributed by atoms with Gasteiger partial charge in [0, 0.05) is 17.7 Å². The molecule has 7 heteroatoms. The average molecular weight is 459 g/mol. The molecule has 1 atom stereocenters. The molecule has 34 heavy (non-hydrogen) atoms. The molecule has 0 saturated carbocycles. The maximum Gasteiger partial charge on any atom is 0.265 e. The monoisotopic (exact) mass is 458 g/mol. The number of anilines is 1.